The Hall–Kier alpha value is -1.98. The van der Waals surface area contributed by atoms with E-state index in [1.165, 1.54) is 12.1 Å². The first-order chi connectivity index (χ1) is 9.09. The molecular weight excluding hydrogens is 273 g/mol. The minimum atomic E-state index is -4.53. The third kappa shape index (κ3) is 2.79. The molecule has 0 radical (unpaired) electrons. The summed E-state index contributed by atoms with van der Waals surface area (Å²) in [6, 6.07) is 5.49. The van der Waals surface area contributed by atoms with Crippen molar-refractivity contribution < 1.29 is 27.5 Å². The maximum Gasteiger partial charge on any atom is 0.449 e. The molecule has 6 heteroatoms. The number of carbonyl (C=O) groups is 1. The summed E-state index contributed by atoms with van der Waals surface area (Å²) in [6.07, 6.45) is -4.64. The van der Waals surface area contributed by atoms with Crippen LogP contribution in [0.25, 0.3) is 11.0 Å². The van der Waals surface area contributed by atoms with Crippen molar-refractivity contribution in [1.29, 1.82) is 0 Å². The zero-order valence-corrected chi connectivity index (χ0v) is 10.9. The first-order valence-corrected chi connectivity index (χ1v) is 5.93. The summed E-state index contributed by atoms with van der Waals surface area (Å²) in [5.74, 6) is -2.01. The number of carboxylic acid groups (broad SMARTS) is 1. The highest BCUT2D eigenvalue weighted by atomic mass is 19.4. The number of furan rings is 1. The van der Waals surface area contributed by atoms with Crippen molar-refractivity contribution in [2.75, 3.05) is 0 Å². The SMILES string of the molecule is CC(C)(CC(=O)O)c1ccc2oc(C(F)(F)F)cc2c1. The van der Waals surface area contributed by atoms with Crippen molar-refractivity contribution in [3.63, 3.8) is 0 Å². The van der Waals surface area contributed by atoms with E-state index in [2.05, 4.69) is 0 Å². The lowest BCUT2D eigenvalue weighted by Gasteiger charge is -2.22. The monoisotopic (exact) mass is 286 g/mol. The average molecular weight is 286 g/mol. The Morgan fingerprint density at radius 3 is 2.45 bits per heavy atom. The van der Waals surface area contributed by atoms with E-state index < -0.39 is 23.3 Å². The predicted molar refractivity (Wildman–Crippen MR) is 66.5 cm³/mol. The van der Waals surface area contributed by atoms with Gasteiger partial charge in [-0.15, -0.1) is 0 Å². The molecule has 0 aliphatic rings. The Balaban J connectivity index is 2.46. The van der Waals surface area contributed by atoms with Gasteiger partial charge in [0.2, 0.25) is 5.76 Å². The fraction of sp³-hybridized carbons (Fsp3) is 0.357. The van der Waals surface area contributed by atoms with Crippen LogP contribution in [-0.2, 0) is 16.4 Å². The topological polar surface area (TPSA) is 50.4 Å². The summed E-state index contributed by atoms with van der Waals surface area (Å²) >= 11 is 0. The largest absolute Gasteiger partial charge is 0.481 e. The maximum absolute atomic E-state index is 12.6. The van der Waals surface area contributed by atoms with Gasteiger partial charge in [0.15, 0.2) is 0 Å². The number of hydrogen-bond acceptors (Lipinski definition) is 2. The lowest BCUT2D eigenvalue weighted by Crippen LogP contribution is -2.21. The van der Waals surface area contributed by atoms with Crippen LogP contribution in [0.5, 0.6) is 0 Å². The van der Waals surface area contributed by atoms with Gasteiger partial charge in [-0.2, -0.15) is 13.2 Å². The van der Waals surface area contributed by atoms with Crippen molar-refractivity contribution in [2.24, 2.45) is 0 Å². The summed E-state index contributed by atoms with van der Waals surface area (Å²) in [4.78, 5) is 10.8. The van der Waals surface area contributed by atoms with Crippen LogP contribution in [0.3, 0.4) is 0 Å². The van der Waals surface area contributed by atoms with Crippen molar-refractivity contribution in [1.82, 2.24) is 0 Å². The molecule has 20 heavy (non-hydrogen) atoms. The summed E-state index contributed by atoms with van der Waals surface area (Å²) in [5, 5.41) is 9.18. The fourth-order valence-electron chi connectivity index (χ4n) is 2.08. The van der Waals surface area contributed by atoms with Gasteiger partial charge in [0.1, 0.15) is 5.58 Å². The fourth-order valence-corrected chi connectivity index (χ4v) is 2.08. The van der Waals surface area contributed by atoms with Crippen LogP contribution in [0, 0.1) is 0 Å². The number of hydrogen-bond donors (Lipinski definition) is 1. The Kier molecular flexibility index (Phi) is 3.28. The van der Waals surface area contributed by atoms with Crippen LogP contribution in [0.15, 0.2) is 28.7 Å². The van der Waals surface area contributed by atoms with Gasteiger partial charge < -0.3 is 9.52 Å². The van der Waals surface area contributed by atoms with E-state index in [-0.39, 0.29) is 12.0 Å². The summed E-state index contributed by atoms with van der Waals surface area (Å²) in [7, 11) is 0. The normalized spacial score (nSPS) is 12.8. The smallest absolute Gasteiger partial charge is 0.449 e. The molecular formula is C14H13F3O3. The highest BCUT2D eigenvalue weighted by Crippen LogP contribution is 2.36. The Morgan fingerprint density at radius 1 is 1.25 bits per heavy atom. The Bertz CT molecular complexity index is 653. The van der Waals surface area contributed by atoms with Gasteiger partial charge in [-0.1, -0.05) is 19.9 Å². The summed E-state index contributed by atoms with van der Waals surface area (Å²) in [6.45, 7) is 3.46. The second kappa shape index (κ2) is 4.54. The van der Waals surface area contributed by atoms with Gasteiger partial charge >= 0.3 is 12.1 Å². The molecule has 3 nitrogen and oxygen atoms in total. The minimum Gasteiger partial charge on any atom is -0.481 e. The Morgan fingerprint density at radius 2 is 1.90 bits per heavy atom. The minimum absolute atomic E-state index is 0.109. The molecule has 2 rings (SSSR count). The summed E-state index contributed by atoms with van der Waals surface area (Å²) in [5.41, 5.74) is 0.115. The van der Waals surface area contributed by atoms with Crippen LogP contribution in [0.4, 0.5) is 13.2 Å². The van der Waals surface area contributed by atoms with E-state index >= 15 is 0 Å². The quantitative estimate of drug-likeness (QED) is 0.919. The standard InChI is InChI=1S/C14H13F3O3/c1-13(2,7-12(18)19)9-3-4-10-8(5-9)6-11(20-10)14(15,16)17/h3-6H,7H2,1-2H3,(H,18,19). The number of aliphatic carboxylic acids is 1. The van der Waals surface area contributed by atoms with Crippen LogP contribution in [-0.4, -0.2) is 11.1 Å². The third-order valence-electron chi connectivity index (χ3n) is 3.17. The van der Waals surface area contributed by atoms with E-state index in [1.807, 2.05) is 0 Å². The first-order valence-electron chi connectivity index (χ1n) is 5.93. The van der Waals surface area contributed by atoms with Crippen LogP contribution in [0.1, 0.15) is 31.6 Å². The molecule has 2 aromatic rings. The predicted octanol–water partition coefficient (Wildman–Crippen LogP) is 4.20. The zero-order valence-electron chi connectivity index (χ0n) is 10.9. The second-order valence-electron chi connectivity index (χ2n) is 5.32. The van der Waals surface area contributed by atoms with Crippen molar-refractivity contribution in [3.8, 4) is 0 Å². The van der Waals surface area contributed by atoms with E-state index in [1.54, 1.807) is 19.9 Å². The van der Waals surface area contributed by atoms with Gasteiger partial charge in [0, 0.05) is 10.8 Å². The van der Waals surface area contributed by atoms with Crippen molar-refractivity contribution >= 4 is 16.9 Å². The van der Waals surface area contributed by atoms with E-state index in [4.69, 9.17) is 9.52 Å². The molecule has 108 valence electrons. The molecule has 0 spiro atoms. The molecule has 1 aromatic heterocycles. The average Bonchev–Trinajstić information content (AvgIpc) is 2.69. The molecule has 1 heterocycles. The molecule has 0 saturated carbocycles. The molecule has 0 bridgehead atoms. The molecule has 0 saturated heterocycles. The van der Waals surface area contributed by atoms with E-state index in [0.717, 1.165) is 6.07 Å². The van der Waals surface area contributed by atoms with Gasteiger partial charge in [0.05, 0.1) is 6.42 Å². The molecule has 0 aliphatic heterocycles. The number of benzene rings is 1. The molecule has 0 amide bonds. The third-order valence-corrected chi connectivity index (χ3v) is 3.17. The number of fused-ring (bicyclic) bond motifs is 1. The van der Waals surface area contributed by atoms with Gasteiger partial charge in [-0.05, 0) is 23.8 Å². The van der Waals surface area contributed by atoms with E-state index in [9.17, 15) is 18.0 Å². The molecule has 0 atom stereocenters. The van der Waals surface area contributed by atoms with Gasteiger partial charge in [0.25, 0.3) is 0 Å². The molecule has 0 fully saturated rings. The molecule has 0 aliphatic carbocycles. The van der Waals surface area contributed by atoms with Gasteiger partial charge in [-0.3, -0.25) is 4.79 Å². The first kappa shape index (κ1) is 14.4. The maximum atomic E-state index is 12.6. The number of rotatable bonds is 3. The molecule has 1 aromatic carbocycles. The van der Waals surface area contributed by atoms with Crippen LogP contribution < -0.4 is 0 Å². The summed E-state index contributed by atoms with van der Waals surface area (Å²) < 4.78 is 42.4. The molecule has 0 unspecified atom stereocenters. The molecule has 1 N–H and O–H groups in total. The highest BCUT2D eigenvalue weighted by Gasteiger charge is 2.35. The number of halogens is 3. The van der Waals surface area contributed by atoms with Crippen LogP contribution in [0.2, 0.25) is 0 Å². The number of alkyl halides is 3. The van der Waals surface area contributed by atoms with E-state index in [0.29, 0.717) is 10.9 Å². The lowest BCUT2D eigenvalue weighted by molar-refractivity contribution is -0.152. The van der Waals surface area contributed by atoms with Crippen LogP contribution >= 0.6 is 0 Å². The number of carboxylic acids is 1. The van der Waals surface area contributed by atoms with Gasteiger partial charge in [-0.25, -0.2) is 0 Å². The van der Waals surface area contributed by atoms with Crippen molar-refractivity contribution in [2.45, 2.75) is 31.9 Å². The lowest BCUT2D eigenvalue weighted by atomic mass is 9.81. The highest BCUT2D eigenvalue weighted by molar-refractivity contribution is 5.79. The Labute approximate surface area is 113 Å². The van der Waals surface area contributed by atoms with Crippen molar-refractivity contribution in [3.05, 3.63) is 35.6 Å². The second-order valence-corrected chi connectivity index (χ2v) is 5.32. The zero-order chi connectivity index (χ0) is 15.1.